The second kappa shape index (κ2) is 8.12. The highest BCUT2D eigenvalue weighted by molar-refractivity contribution is 8.01. The molecule has 5 nitrogen and oxygen atoms in total. The lowest BCUT2D eigenvalue weighted by molar-refractivity contribution is -0.266. The van der Waals surface area contributed by atoms with Crippen LogP contribution in [-0.2, 0) is 5.60 Å². The predicted molar refractivity (Wildman–Crippen MR) is 122 cm³/mol. The van der Waals surface area contributed by atoms with Gasteiger partial charge in [-0.3, -0.25) is 4.40 Å². The first-order valence-corrected chi connectivity index (χ1v) is 11.7. The fourth-order valence-corrected chi connectivity index (χ4v) is 5.81. The minimum Gasteiger partial charge on any atom is -0.376 e. The predicted octanol–water partition coefficient (Wildman–Crippen LogP) is 6.32. The molecule has 0 saturated heterocycles. The van der Waals surface area contributed by atoms with E-state index in [1.807, 2.05) is 65.1 Å². The number of fused-ring (bicyclic) bond motifs is 3. The van der Waals surface area contributed by atoms with E-state index in [0.717, 1.165) is 50.4 Å². The summed E-state index contributed by atoms with van der Waals surface area (Å²) in [6, 6.07) is 19.3. The van der Waals surface area contributed by atoms with E-state index >= 15 is 0 Å². The van der Waals surface area contributed by atoms with Gasteiger partial charge in [0.1, 0.15) is 0 Å². The van der Waals surface area contributed by atoms with Crippen molar-refractivity contribution in [2.45, 2.75) is 34.4 Å². The molecule has 3 aromatic heterocycles. The van der Waals surface area contributed by atoms with Gasteiger partial charge >= 0.3 is 6.18 Å². The molecule has 168 valence electrons. The molecule has 1 atom stereocenters. The molecule has 1 N–H and O–H groups in total. The highest BCUT2D eigenvalue weighted by Crippen LogP contribution is 2.45. The van der Waals surface area contributed by atoms with Crippen LogP contribution in [-0.4, -0.2) is 30.9 Å². The Labute approximate surface area is 194 Å². The molecule has 0 radical (unpaired) electrons. The zero-order valence-corrected chi connectivity index (χ0v) is 18.9. The van der Waals surface area contributed by atoms with Crippen molar-refractivity contribution in [3.8, 4) is 11.4 Å². The van der Waals surface area contributed by atoms with E-state index in [2.05, 4.69) is 15.2 Å². The lowest BCUT2D eigenvalue weighted by Crippen LogP contribution is -2.40. The van der Waals surface area contributed by atoms with E-state index in [9.17, 15) is 18.3 Å². The summed E-state index contributed by atoms with van der Waals surface area (Å²) in [5.41, 5.74) is -0.310. The number of pyridine rings is 1. The summed E-state index contributed by atoms with van der Waals surface area (Å²) < 4.78 is 42.5. The minimum absolute atomic E-state index is 0.209. The van der Waals surface area contributed by atoms with Gasteiger partial charge in [0.25, 0.3) is 0 Å². The fourth-order valence-electron chi connectivity index (χ4n) is 3.63. The average Bonchev–Trinajstić information content (AvgIpc) is 3.46. The Bertz CT molecular complexity index is 1450. The lowest BCUT2D eigenvalue weighted by atomic mass is 9.99. The Morgan fingerprint density at radius 3 is 2.55 bits per heavy atom. The Hall–Kier alpha value is -2.95. The first-order chi connectivity index (χ1) is 15.8. The van der Waals surface area contributed by atoms with Gasteiger partial charge in [0.2, 0.25) is 0 Å². The zero-order valence-electron chi connectivity index (χ0n) is 17.2. The molecule has 0 amide bonds. The number of hydrogen-bond acceptors (Lipinski definition) is 6. The van der Waals surface area contributed by atoms with Gasteiger partial charge in [-0.25, -0.2) is 4.98 Å². The van der Waals surface area contributed by atoms with Crippen LogP contribution in [0, 0.1) is 0 Å². The van der Waals surface area contributed by atoms with Crippen LogP contribution in [0.25, 0.3) is 27.9 Å². The summed E-state index contributed by atoms with van der Waals surface area (Å²) >= 11 is 2.11. The van der Waals surface area contributed by atoms with E-state index in [1.165, 1.54) is 18.7 Å². The van der Waals surface area contributed by atoms with Gasteiger partial charge in [0, 0.05) is 16.7 Å². The van der Waals surface area contributed by atoms with E-state index in [-0.39, 0.29) is 4.88 Å². The van der Waals surface area contributed by atoms with E-state index in [0.29, 0.717) is 4.34 Å². The van der Waals surface area contributed by atoms with Crippen molar-refractivity contribution in [3.05, 3.63) is 71.7 Å². The van der Waals surface area contributed by atoms with Crippen molar-refractivity contribution in [2.24, 2.45) is 0 Å². The number of nitrogens with zero attached hydrogens (tertiary/aromatic N) is 4. The maximum Gasteiger partial charge on any atom is 0.422 e. The van der Waals surface area contributed by atoms with Crippen molar-refractivity contribution >= 4 is 39.6 Å². The largest absolute Gasteiger partial charge is 0.422 e. The number of alkyl halides is 3. The van der Waals surface area contributed by atoms with Gasteiger partial charge in [-0.15, -0.1) is 21.5 Å². The van der Waals surface area contributed by atoms with Crippen molar-refractivity contribution in [3.63, 3.8) is 0 Å². The molecule has 1 unspecified atom stereocenters. The molecular weight excluding hydrogens is 469 g/mol. The molecule has 0 bridgehead atoms. The van der Waals surface area contributed by atoms with Crippen molar-refractivity contribution in [1.29, 1.82) is 0 Å². The molecule has 0 saturated carbocycles. The number of hydrogen-bond donors (Lipinski definition) is 1. The SMILES string of the molecule is CCC(O)(c1cnc(Sc2ccc3c(ccc4nnc(-c5ccccc5)n43)c2)s1)C(F)(F)F. The molecule has 0 spiro atoms. The van der Waals surface area contributed by atoms with Crippen molar-refractivity contribution in [2.75, 3.05) is 0 Å². The van der Waals surface area contributed by atoms with E-state index < -0.39 is 18.2 Å². The first-order valence-electron chi connectivity index (χ1n) is 10.1. The lowest BCUT2D eigenvalue weighted by Gasteiger charge is -2.27. The first kappa shape index (κ1) is 21.9. The van der Waals surface area contributed by atoms with Crippen LogP contribution in [0.5, 0.6) is 0 Å². The molecule has 2 aromatic carbocycles. The van der Waals surface area contributed by atoms with Gasteiger partial charge in [-0.1, -0.05) is 49.0 Å². The standard InChI is InChI=1S/C23H17F3N4OS2/c1-2-22(31,23(24,25)26)18-13-27-21(33-18)32-16-9-10-17-15(12-16)8-11-19-28-29-20(30(17)19)14-6-4-3-5-7-14/h3-13,31H,2H2,1H3. The molecule has 0 aliphatic heterocycles. The van der Waals surface area contributed by atoms with Crippen LogP contribution in [0.3, 0.4) is 0 Å². The molecule has 0 aliphatic carbocycles. The number of halogens is 3. The third-order valence-corrected chi connectivity index (χ3v) is 7.66. The molecule has 0 aliphatic rings. The normalized spacial score (nSPS) is 14.1. The van der Waals surface area contributed by atoms with Crippen LogP contribution in [0.4, 0.5) is 13.2 Å². The topological polar surface area (TPSA) is 63.3 Å². The van der Waals surface area contributed by atoms with Crippen LogP contribution in [0.15, 0.2) is 76.1 Å². The van der Waals surface area contributed by atoms with Gasteiger partial charge in [-0.2, -0.15) is 13.2 Å². The Balaban J connectivity index is 1.50. The summed E-state index contributed by atoms with van der Waals surface area (Å²) in [6.07, 6.45) is -4.13. The summed E-state index contributed by atoms with van der Waals surface area (Å²) in [6.45, 7) is 1.30. The molecule has 33 heavy (non-hydrogen) atoms. The minimum atomic E-state index is -4.76. The maximum atomic E-state index is 13.4. The Morgan fingerprint density at radius 1 is 1.03 bits per heavy atom. The molecule has 0 fully saturated rings. The number of aromatic nitrogens is 4. The van der Waals surface area contributed by atoms with Gasteiger partial charge in [0.05, 0.1) is 10.4 Å². The van der Waals surface area contributed by atoms with Crippen LogP contribution in [0.2, 0.25) is 0 Å². The van der Waals surface area contributed by atoms with Crippen LogP contribution < -0.4 is 0 Å². The maximum absolute atomic E-state index is 13.4. The van der Waals surface area contributed by atoms with E-state index in [1.54, 1.807) is 0 Å². The third kappa shape index (κ3) is 3.77. The number of benzene rings is 2. The van der Waals surface area contributed by atoms with Crippen molar-refractivity contribution in [1.82, 2.24) is 19.6 Å². The highest BCUT2D eigenvalue weighted by atomic mass is 32.2. The molecule has 10 heteroatoms. The molecule has 5 aromatic rings. The second-order valence-electron chi connectivity index (χ2n) is 7.44. The van der Waals surface area contributed by atoms with Gasteiger partial charge in [0.15, 0.2) is 21.4 Å². The van der Waals surface area contributed by atoms with Crippen molar-refractivity contribution < 1.29 is 18.3 Å². The second-order valence-corrected chi connectivity index (χ2v) is 9.79. The quantitative estimate of drug-likeness (QED) is 0.315. The van der Waals surface area contributed by atoms with Gasteiger partial charge in [-0.05, 0) is 42.1 Å². The fraction of sp³-hybridized carbons (Fsp3) is 0.174. The van der Waals surface area contributed by atoms with E-state index in [4.69, 9.17) is 0 Å². The third-order valence-electron chi connectivity index (χ3n) is 5.45. The monoisotopic (exact) mass is 486 g/mol. The average molecular weight is 487 g/mol. The smallest absolute Gasteiger partial charge is 0.376 e. The summed E-state index contributed by atoms with van der Waals surface area (Å²) in [7, 11) is 0. The number of aliphatic hydroxyl groups is 1. The number of thiazole rings is 1. The summed E-state index contributed by atoms with van der Waals surface area (Å²) in [5.74, 6) is 0.729. The van der Waals surface area contributed by atoms with Crippen LogP contribution >= 0.6 is 23.1 Å². The Kier molecular flexibility index (Phi) is 5.38. The molecular formula is C23H17F3N4OS2. The molecule has 3 heterocycles. The highest BCUT2D eigenvalue weighted by Gasteiger charge is 2.54. The zero-order chi connectivity index (χ0) is 23.2. The van der Waals surface area contributed by atoms with Gasteiger partial charge < -0.3 is 5.11 Å². The summed E-state index contributed by atoms with van der Waals surface area (Å²) in [5, 5.41) is 19.7. The summed E-state index contributed by atoms with van der Waals surface area (Å²) in [4.78, 5) is 4.73. The van der Waals surface area contributed by atoms with Crippen LogP contribution in [0.1, 0.15) is 18.2 Å². The molecule has 5 rings (SSSR count). The number of rotatable bonds is 5. The Morgan fingerprint density at radius 2 is 1.82 bits per heavy atom.